The highest BCUT2D eigenvalue weighted by atomic mass is 32.1. The number of hydrogen-bond donors (Lipinski definition) is 1. The SMILES string of the molecule is Cc1cc(C)n2nc(C(=O)NCc3sc(-c4cccnc4)nc3C)nc2n1. The predicted octanol–water partition coefficient (Wildman–Crippen LogP) is 2.50. The zero-order valence-corrected chi connectivity index (χ0v) is 15.9. The van der Waals surface area contributed by atoms with Crippen molar-refractivity contribution in [3.8, 4) is 10.6 Å². The van der Waals surface area contributed by atoms with Gasteiger partial charge in [0.1, 0.15) is 5.01 Å². The highest BCUT2D eigenvalue weighted by molar-refractivity contribution is 7.15. The van der Waals surface area contributed by atoms with E-state index in [1.165, 1.54) is 11.3 Å². The number of aromatic nitrogens is 6. The topological polar surface area (TPSA) is 98.0 Å². The number of hydrogen-bond acceptors (Lipinski definition) is 7. The summed E-state index contributed by atoms with van der Waals surface area (Å²) in [5.41, 5.74) is 3.56. The minimum atomic E-state index is -0.340. The second kappa shape index (κ2) is 6.84. The molecular weight excluding hydrogens is 362 g/mol. The van der Waals surface area contributed by atoms with Crippen molar-refractivity contribution in [2.45, 2.75) is 27.3 Å². The Balaban J connectivity index is 1.51. The molecule has 4 rings (SSSR count). The lowest BCUT2D eigenvalue weighted by Gasteiger charge is -2.00. The highest BCUT2D eigenvalue weighted by Gasteiger charge is 2.16. The summed E-state index contributed by atoms with van der Waals surface area (Å²) in [6.45, 7) is 6.08. The summed E-state index contributed by atoms with van der Waals surface area (Å²) in [7, 11) is 0. The fourth-order valence-electron chi connectivity index (χ4n) is 2.71. The van der Waals surface area contributed by atoms with Crippen molar-refractivity contribution in [3.63, 3.8) is 0 Å². The summed E-state index contributed by atoms with van der Waals surface area (Å²) >= 11 is 1.54. The number of amides is 1. The molecule has 0 saturated heterocycles. The van der Waals surface area contributed by atoms with E-state index in [1.807, 2.05) is 39.0 Å². The van der Waals surface area contributed by atoms with Crippen molar-refractivity contribution in [1.29, 1.82) is 0 Å². The zero-order valence-electron chi connectivity index (χ0n) is 15.1. The van der Waals surface area contributed by atoms with Crippen LogP contribution in [-0.4, -0.2) is 35.5 Å². The van der Waals surface area contributed by atoms with Gasteiger partial charge in [-0.25, -0.2) is 14.5 Å². The average molecular weight is 379 g/mol. The number of rotatable bonds is 4. The van der Waals surface area contributed by atoms with E-state index in [4.69, 9.17) is 0 Å². The summed E-state index contributed by atoms with van der Waals surface area (Å²) in [5.74, 6) is 0.185. The minimum absolute atomic E-state index is 0.103. The molecule has 4 heterocycles. The average Bonchev–Trinajstić information content (AvgIpc) is 3.24. The lowest BCUT2D eigenvalue weighted by molar-refractivity contribution is 0.0941. The number of thiazole rings is 1. The monoisotopic (exact) mass is 379 g/mol. The van der Waals surface area contributed by atoms with Crippen LogP contribution in [0.4, 0.5) is 0 Å². The molecule has 0 bridgehead atoms. The molecule has 0 fully saturated rings. The van der Waals surface area contributed by atoms with E-state index in [1.54, 1.807) is 16.9 Å². The summed E-state index contributed by atoms with van der Waals surface area (Å²) < 4.78 is 1.57. The van der Waals surface area contributed by atoms with Gasteiger partial charge in [0.15, 0.2) is 0 Å². The Morgan fingerprint density at radius 3 is 2.85 bits per heavy atom. The molecule has 0 atom stereocenters. The molecular formula is C18H17N7OS. The first-order valence-electron chi connectivity index (χ1n) is 8.37. The van der Waals surface area contributed by atoms with Gasteiger partial charge in [-0.2, -0.15) is 4.98 Å². The number of carbonyl (C=O) groups is 1. The lowest BCUT2D eigenvalue weighted by atomic mass is 10.3. The molecule has 0 aromatic carbocycles. The van der Waals surface area contributed by atoms with Crippen LogP contribution in [0.5, 0.6) is 0 Å². The van der Waals surface area contributed by atoms with Gasteiger partial charge in [-0.3, -0.25) is 9.78 Å². The molecule has 4 aromatic rings. The molecule has 136 valence electrons. The van der Waals surface area contributed by atoms with Gasteiger partial charge in [-0.15, -0.1) is 16.4 Å². The summed E-state index contributed by atoms with van der Waals surface area (Å²) in [6, 6.07) is 5.73. The van der Waals surface area contributed by atoms with E-state index in [2.05, 4.69) is 30.4 Å². The molecule has 0 unspecified atom stereocenters. The Bertz CT molecular complexity index is 1130. The maximum atomic E-state index is 12.5. The number of carbonyl (C=O) groups excluding carboxylic acids is 1. The molecule has 1 N–H and O–H groups in total. The molecule has 0 radical (unpaired) electrons. The van der Waals surface area contributed by atoms with Crippen LogP contribution >= 0.6 is 11.3 Å². The third-order valence-electron chi connectivity index (χ3n) is 4.03. The van der Waals surface area contributed by atoms with Crippen molar-refractivity contribution < 1.29 is 4.79 Å². The van der Waals surface area contributed by atoms with Gasteiger partial charge in [-0.1, -0.05) is 0 Å². The van der Waals surface area contributed by atoms with Gasteiger partial charge in [0.25, 0.3) is 11.7 Å². The van der Waals surface area contributed by atoms with Crippen LogP contribution in [0.3, 0.4) is 0 Å². The maximum Gasteiger partial charge on any atom is 0.291 e. The van der Waals surface area contributed by atoms with Crippen molar-refractivity contribution in [2.24, 2.45) is 0 Å². The Morgan fingerprint density at radius 1 is 1.22 bits per heavy atom. The number of aryl methyl sites for hydroxylation is 3. The van der Waals surface area contributed by atoms with Crippen molar-refractivity contribution in [1.82, 2.24) is 34.9 Å². The van der Waals surface area contributed by atoms with Gasteiger partial charge in [0.2, 0.25) is 5.82 Å². The number of nitrogens with one attached hydrogen (secondary N) is 1. The van der Waals surface area contributed by atoms with Gasteiger partial charge in [-0.05, 0) is 39.0 Å². The second-order valence-electron chi connectivity index (χ2n) is 6.14. The third-order valence-corrected chi connectivity index (χ3v) is 5.24. The number of fused-ring (bicyclic) bond motifs is 1. The Kier molecular flexibility index (Phi) is 4.36. The van der Waals surface area contributed by atoms with E-state index in [0.29, 0.717) is 12.3 Å². The molecule has 0 spiro atoms. The Labute approximate surface area is 159 Å². The van der Waals surface area contributed by atoms with Crippen LogP contribution in [-0.2, 0) is 6.54 Å². The van der Waals surface area contributed by atoms with Gasteiger partial charge >= 0.3 is 0 Å². The van der Waals surface area contributed by atoms with Crippen LogP contribution in [0.25, 0.3) is 16.3 Å². The van der Waals surface area contributed by atoms with Gasteiger partial charge in [0.05, 0.1) is 12.2 Å². The first kappa shape index (κ1) is 17.2. The fraction of sp³-hybridized carbons (Fsp3) is 0.222. The predicted molar refractivity (Wildman–Crippen MR) is 102 cm³/mol. The molecule has 1 amide bonds. The van der Waals surface area contributed by atoms with Crippen LogP contribution in [0.1, 0.15) is 32.6 Å². The summed E-state index contributed by atoms with van der Waals surface area (Å²) in [4.78, 5) is 30.7. The normalized spacial score (nSPS) is 11.1. The van der Waals surface area contributed by atoms with Crippen LogP contribution < -0.4 is 5.32 Å². The highest BCUT2D eigenvalue weighted by Crippen LogP contribution is 2.27. The standard InChI is InChI=1S/C18H17N7OS/c1-10-7-11(2)25-18(21-10)23-15(24-25)16(26)20-9-14-12(3)22-17(27-14)13-5-4-6-19-8-13/h4-8H,9H2,1-3H3,(H,20,26). The summed E-state index contributed by atoms with van der Waals surface area (Å²) in [5, 5.41) is 8.00. The van der Waals surface area contributed by atoms with E-state index in [9.17, 15) is 4.79 Å². The zero-order chi connectivity index (χ0) is 19.0. The van der Waals surface area contributed by atoms with Crippen molar-refractivity contribution >= 4 is 23.0 Å². The smallest absolute Gasteiger partial charge is 0.291 e. The van der Waals surface area contributed by atoms with Crippen LogP contribution in [0, 0.1) is 20.8 Å². The van der Waals surface area contributed by atoms with E-state index >= 15 is 0 Å². The van der Waals surface area contributed by atoms with Gasteiger partial charge < -0.3 is 5.32 Å². The minimum Gasteiger partial charge on any atom is -0.344 e. The summed E-state index contributed by atoms with van der Waals surface area (Å²) in [6.07, 6.45) is 3.50. The van der Waals surface area contributed by atoms with Crippen molar-refractivity contribution in [3.05, 3.63) is 58.4 Å². The Morgan fingerprint density at radius 2 is 2.07 bits per heavy atom. The molecule has 27 heavy (non-hydrogen) atoms. The molecule has 0 aliphatic carbocycles. The second-order valence-corrected chi connectivity index (χ2v) is 7.22. The number of nitrogens with zero attached hydrogens (tertiary/aromatic N) is 6. The Hall–Kier alpha value is -3.20. The van der Waals surface area contributed by atoms with Gasteiger partial charge in [0, 0.05) is 34.2 Å². The maximum absolute atomic E-state index is 12.5. The lowest BCUT2D eigenvalue weighted by Crippen LogP contribution is -2.24. The van der Waals surface area contributed by atoms with Crippen LogP contribution in [0.15, 0.2) is 30.6 Å². The van der Waals surface area contributed by atoms with Crippen LogP contribution in [0.2, 0.25) is 0 Å². The largest absolute Gasteiger partial charge is 0.344 e. The molecule has 4 aromatic heterocycles. The molecule has 0 aliphatic heterocycles. The first-order valence-corrected chi connectivity index (χ1v) is 9.19. The fourth-order valence-corrected chi connectivity index (χ4v) is 3.70. The quantitative estimate of drug-likeness (QED) is 0.585. The first-order chi connectivity index (χ1) is 13.0. The molecule has 0 saturated carbocycles. The van der Waals surface area contributed by atoms with Crippen molar-refractivity contribution in [2.75, 3.05) is 0 Å². The molecule has 8 nitrogen and oxygen atoms in total. The van der Waals surface area contributed by atoms with E-state index in [0.717, 1.165) is 32.5 Å². The van der Waals surface area contributed by atoms with E-state index in [-0.39, 0.29) is 11.7 Å². The van der Waals surface area contributed by atoms with E-state index < -0.39 is 0 Å². The molecule has 0 aliphatic rings. The third kappa shape index (κ3) is 3.41. The number of pyridine rings is 1. The molecule has 9 heteroatoms.